The first-order valence-corrected chi connectivity index (χ1v) is 5.59. The van der Waals surface area contributed by atoms with E-state index in [1.165, 1.54) is 12.1 Å². The quantitative estimate of drug-likeness (QED) is 0.629. The van der Waals surface area contributed by atoms with E-state index in [0.29, 0.717) is 24.8 Å². The van der Waals surface area contributed by atoms with Crippen LogP contribution in [0.4, 0.5) is 11.4 Å². The molecular weight excluding hydrogens is 244 g/mol. The van der Waals surface area contributed by atoms with Crippen molar-refractivity contribution in [2.45, 2.75) is 6.92 Å². The van der Waals surface area contributed by atoms with Crippen molar-refractivity contribution in [3.8, 4) is 0 Å². The van der Waals surface area contributed by atoms with Crippen LogP contribution in [-0.4, -0.2) is 25.2 Å². The van der Waals surface area contributed by atoms with Crippen LogP contribution in [0.1, 0.15) is 6.92 Å². The van der Waals surface area contributed by atoms with E-state index < -0.39 is 4.92 Å². The molecule has 0 saturated heterocycles. The first-order valence-electron chi connectivity index (χ1n) is 5.21. The van der Waals surface area contributed by atoms with Crippen LogP contribution in [-0.2, 0) is 4.74 Å². The number of benzene rings is 1. The summed E-state index contributed by atoms with van der Waals surface area (Å²) >= 11 is 5.71. The smallest absolute Gasteiger partial charge is 0.289 e. The standard InChI is InChI=1S/C11H15ClN2O3/c1-8(7-17-2)6-13-9-3-4-10(12)11(5-9)14(15)16/h3-5,8,13H,6-7H2,1-2H3. The molecule has 0 amide bonds. The third-order valence-corrected chi connectivity index (χ3v) is 2.57. The van der Waals surface area contributed by atoms with E-state index in [0.717, 1.165) is 0 Å². The molecule has 1 aromatic rings. The normalized spacial score (nSPS) is 12.2. The lowest BCUT2D eigenvalue weighted by atomic mass is 10.2. The topological polar surface area (TPSA) is 64.4 Å². The van der Waals surface area contributed by atoms with Gasteiger partial charge in [0.05, 0.1) is 11.5 Å². The Kier molecular flexibility index (Phi) is 5.18. The number of nitrogens with zero attached hydrogens (tertiary/aromatic N) is 1. The van der Waals surface area contributed by atoms with Crippen LogP contribution >= 0.6 is 11.6 Å². The summed E-state index contributed by atoms with van der Waals surface area (Å²) in [5.74, 6) is 0.328. The Labute approximate surface area is 105 Å². The highest BCUT2D eigenvalue weighted by molar-refractivity contribution is 6.32. The Morgan fingerprint density at radius 1 is 1.59 bits per heavy atom. The Morgan fingerprint density at radius 2 is 2.29 bits per heavy atom. The van der Waals surface area contributed by atoms with Crippen molar-refractivity contribution < 1.29 is 9.66 Å². The maximum Gasteiger partial charge on any atom is 0.289 e. The van der Waals surface area contributed by atoms with Crippen LogP contribution in [0.25, 0.3) is 0 Å². The van der Waals surface area contributed by atoms with E-state index in [-0.39, 0.29) is 10.7 Å². The third-order valence-electron chi connectivity index (χ3n) is 2.25. The van der Waals surface area contributed by atoms with Crippen molar-refractivity contribution in [2.75, 3.05) is 25.6 Å². The van der Waals surface area contributed by atoms with E-state index in [1.807, 2.05) is 6.92 Å². The SMILES string of the molecule is COCC(C)CNc1ccc(Cl)c([N+](=O)[O-])c1. The molecule has 1 N–H and O–H groups in total. The third kappa shape index (κ3) is 4.20. The van der Waals surface area contributed by atoms with Gasteiger partial charge in [-0.05, 0) is 18.1 Å². The zero-order valence-electron chi connectivity index (χ0n) is 9.77. The molecule has 0 spiro atoms. The van der Waals surface area contributed by atoms with Gasteiger partial charge in [0.1, 0.15) is 5.02 Å². The zero-order valence-corrected chi connectivity index (χ0v) is 10.5. The van der Waals surface area contributed by atoms with Crippen LogP contribution in [0.5, 0.6) is 0 Å². The van der Waals surface area contributed by atoms with Gasteiger partial charge < -0.3 is 10.1 Å². The van der Waals surface area contributed by atoms with Crippen molar-refractivity contribution in [1.82, 2.24) is 0 Å². The number of rotatable bonds is 6. The Balaban J connectivity index is 2.66. The summed E-state index contributed by atoms with van der Waals surface area (Å²) in [6, 6.07) is 4.67. The first-order chi connectivity index (χ1) is 8.04. The molecule has 0 saturated carbocycles. The second kappa shape index (κ2) is 6.42. The number of hydrogen-bond donors (Lipinski definition) is 1. The van der Waals surface area contributed by atoms with Crippen LogP contribution in [0.3, 0.4) is 0 Å². The molecule has 0 aliphatic heterocycles. The molecule has 17 heavy (non-hydrogen) atoms. The monoisotopic (exact) mass is 258 g/mol. The number of ether oxygens (including phenoxy) is 1. The summed E-state index contributed by atoms with van der Waals surface area (Å²) in [5, 5.41) is 13.9. The van der Waals surface area contributed by atoms with Gasteiger partial charge in [0.15, 0.2) is 0 Å². The lowest BCUT2D eigenvalue weighted by Crippen LogP contribution is -2.15. The molecule has 0 fully saturated rings. The largest absolute Gasteiger partial charge is 0.384 e. The summed E-state index contributed by atoms with van der Waals surface area (Å²) in [5.41, 5.74) is 0.597. The highest BCUT2D eigenvalue weighted by Crippen LogP contribution is 2.27. The number of anilines is 1. The molecule has 1 unspecified atom stereocenters. The van der Waals surface area contributed by atoms with Crippen molar-refractivity contribution in [3.63, 3.8) is 0 Å². The van der Waals surface area contributed by atoms with E-state index >= 15 is 0 Å². The molecule has 0 radical (unpaired) electrons. The van der Waals surface area contributed by atoms with Crippen LogP contribution in [0.15, 0.2) is 18.2 Å². The first kappa shape index (κ1) is 13.7. The predicted octanol–water partition coefficient (Wildman–Crippen LogP) is 2.94. The highest BCUT2D eigenvalue weighted by Gasteiger charge is 2.12. The minimum absolute atomic E-state index is 0.0870. The minimum atomic E-state index is -0.494. The number of nitro benzene ring substituents is 1. The highest BCUT2D eigenvalue weighted by atomic mass is 35.5. The van der Waals surface area contributed by atoms with Crippen molar-refractivity contribution in [3.05, 3.63) is 33.3 Å². The minimum Gasteiger partial charge on any atom is -0.384 e. The molecular formula is C11H15ClN2O3. The lowest BCUT2D eigenvalue weighted by molar-refractivity contribution is -0.384. The Bertz CT molecular complexity index is 398. The maximum atomic E-state index is 10.7. The fraction of sp³-hybridized carbons (Fsp3) is 0.455. The van der Waals surface area contributed by atoms with Gasteiger partial charge in [0.2, 0.25) is 0 Å². The summed E-state index contributed by atoms with van der Waals surface area (Å²) in [6.07, 6.45) is 0. The summed E-state index contributed by atoms with van der Waals surface area (Å²) in [7, 11) is 1.64. The van der Waals surface area contributed by atoms with Gasteiger partial charge in [0, 0.05) is 25.4 Å². The van der Waals surface area contributed by atoms with Gasteiger partial charge in [-0.25, -0.2) is 0 Å². The Morgan fingerprint density at radius 3 is 2.88 bits per heavy atom. The van der Waals surface area contributed by atoms with Gasteiger partial charge in [0.25, 0.3) is 5.69 Å². The molecule has 0 heterocycles. The molecule has 94 valence electrons. The molecule has 5 nitrogen and oxygen atoms in total. The van der Waals surface area contributed by atoms with Gasteiger partial charge in [-0.1, -0.05) is 18.5 Å². The molecule has 1 atom stereocenters. The predicted molar refractivity (Wildman–Crippen MR) is 67.6 cm³/mol. The van der Waals surface area contributed by atoms with Crippen LogP contribution < -0.4 is 5.32 Å². The Hall–Kier alpha value is -1.33. The molecule has 1 aromatic carbocycles. The van der Waals surface area contributed by atoms with E-state index in [2.05, 4.69) is 5.32 Å². The number of halogens is 1. The van der Waals surface area contributed by atoms with Crippen molar-refractivity contribution in [1.29, 1.82) is 0 Å². The average Bonchev–Trinajstić information content (AvgIpc) is 2.28. The van der Waals surface area contributed by atoms with Gasteiger partial charge >= 0.3 is 0 Å². The number of nitro groups is 1. The average molecular weight is 259 g/mol. The summed E-state index contributed by atoms with van der Waals surface area (Å²) < 4.78 is 5.00. The van der Waals surface area contributed by atoms with Crippen LogP contribution in [0.2, 0.25) is 5.02 Å². The molecule has 0 aliphatic rings. The molecule has 0 aromatic heterocycles. The van der Waals surface area contributed by atoms with E-state index in [4.69, 9.17) is 16.3 Å². The van der Waals surface area contributed by atoms with Gasteiger partial charge in [-0.2, -0.15) is 0 Å². The molecule has 1 rings (SSSR count). The lowest BCUT2D eigenvalue weighted by Gasteiger charge is -2.12. The molecule has 6 heteroatoms. The fourth-order valence-electron chi connectivity index (χ4n) is 1.40. The van der Waals surface area contributed by atoms with Gasteiger partial charge in [-0.15, -0.1) is 0 Å². The zero-order chi connectivity index (χ0) is 12.8. The fourth-order valence-corrected chi connectivity index (χ4v) is 1.58. The van der Waals surface area contributed by atoms with Crippen LogP contribution in [0, 0.1) is 16.0 Å². The maximum absolute atomic E-state index is 10.7. The summed E-state index contributed by atoms with van der Waals surface area (Å²) in [4.78, 5) is 10.2. The van der Waals surface area contributed by atoms with E-state index in [1.54, 1.807) is 13.2 Å². The number of nitrogens with one attached hydrogen (secondary N) is 1. The number of hydrogen-bond acceptors (Lipinski definition) is 4. The second-order valence-corrected chi connectivity index (χ2v) is 4.27. The molecule has 0 aliphatic carbocycles. The number of methoxy groups -OCH3 is 1. The van der Waals surface area contributed by atoms with E-state index in [9.17, 15) is 10.1 Å². The summed E-state index contributed by atoms with van der Waals surface area (Å²) in [6.45, 7) is 3.36. The van der Waals surface area contributed by atoms with Gasteiger partial charge in [-0.3, -0.25) is 10.1 Å². The van der Waals surface area contributed by atoms with Crippen molar-refractivity contribution in [2.24, 2.45) is 5.92 Å². The second-order valence-electron chi connectivity index (χ2n) is 3.86. The van der Waals surface area contributed by atoms with Crippen molar-refractivity contribution >= 4 is 23.0 Å². The molecule has 0 bridgehead atoms.